The van der Waals surface area contributed by atoms with Crippen LogP contribution in [0.4, 0.5) is 5.69 Å². The lowest BCUT2D eigenvalue weighted by atomic mass is 9.94. The van der Waals surface area contributed by atoms with Crippen molar-refractivity contribution in [1.29, 1.82) is 0 Å². The highest BCUT2D eigenvalue weighted by Crippen LogP contribution is 2.33. The van der Waals surface area contributed by atoms with Crippen molar-refractivity contribution in [2.45, 2.75) is 49.3 Å². The van der Waals surface area contributed by atoms with Crippen LogP contribution in [0, 0.1) is 6.92 Å². The summed E-state index contributed by atoms with van der Waals surface area (Å²) in [6, 6.07) is 10.9. The number of fused-ring (bicyclic) bond motifs is 2. The van der Waals surface area contributed by atoms with Gasteiger partial charge in [-0.3, -0.25) is 14.3 Å². The van der Waals surface area contributed by atoms with E-state index in [1.54, 1.807) is 36.2 Å². The number of anilines is 1. The Balaban J connectivity index is 1.55. The number of carbonyl (C=O) groups excluding carboxylic acids is 2. The first-order chi connectivity index (χ1) is 16.2. The van der Waals surface area contributed by atoms with E-state index >= 15 is 0 Å². The van der Waals surface area contributed by atoms with E-state index in [1.807, 2.05) is 6.92 Å². The third-order valence-electron chi connectivity index (χ3n) is 6.22. The van der Waals surface area contributed by atoms with Gasteiger partial charge in [0.25, 0.3) is 15.9 Å². The molecule has 0 bridgehead atoms. The van der Waals surface area contributed by atoms with Gasteiger partial charge in [-0.1, -0.05) is 17.7 Å². The van der Waals surface area contributed by atoms with Gasteiger partial charge in [0.05, 0.1) is 36.1 Å². The number of nitrogens with zero attached hydrogens (tertiary/aromatic N) is 1. The molecular formula is C24H28N2O7S. The van der Waals surface area contributed by atoms with Gasteiger partial charge in [0.1, 0.15) is 18.5 Å². The maximum Gasteiger partial charge on any atom is 0.308 e. The van der Waals surface area contributed by atoms with Crippen LogP contribution < -0.4 is 9.46 Å². The monoisotopic (exact) mass is 488 g/mol. The summed E-state index contributed by atoms with van der Waals surface area (Å²) in [4.78, 5) is 26.7. The normalized spacial score (nSPS) is 22.5. The van der Waals surface area contributed by atoms with Crippen molar-refractivity contribution in [3.05, 3.63) is 53.6 Å². The number of rotatable bonds is 5. The number of amides is 1. The first-order valence-corrected chi connectivity index (χ1v) is 12.5. The molecular weight excluding hydrogens is 460 g/mol. The molecule has 0 saturated carbocycles. The van der Waals surface area contributed by atoms with Crippen LogP contribution in [-0.2, 0) is 24.3 Å². The molecule has 0 spiro atoms. The largest absolute Gasteiger partial charge is 0.490 e. The second-order valence-corrected chi connectivity index (χ2v) is 10.3. The first kappa shape index (κ1) is 24.0. The Morgan fingerprint density at radius 3 is 2.62 bits per heavy atom. The van der Waals surface area contributed by atoms with E-state index < -0.39 is 16.1 Å². The van der Waals surface area contributed by atoms with Crippen molar-refractivity contribution in [2.75, 3.05) is 25.5 Å². The summed E-state index contributed by atoms with van der Waals surface area (Å²) in [5, 5.41) is 0. The average molecular weight is 489 g/mol. The summed E-state index contributed by atoms with van der Waals surface area (Å²) in [7, 11) is -0.779. The summed E-state index contributed by atoms with van der Waals surface area (Å²) in [6.45, 7) is 2.07. The number of likely N-dealkylation sites (N-methyl/N-ethyl adjacent to an activating group) is 1. The molecule has 0 aliphatic carbocycles. The molecule has 1 fully saturated rings. The number of ether oxygens (including phenoxy) is 3. The van der Waals surface area contributed by atoms with Crippen molar-refractivity contribution in [2.24, 2.45) is 0 Å². The second kappa shape index (κ2) is 9.63. The number of aryl methyl sites for hydroxylation is 1. The van der Waals surface area contributed by atoms with E-state index in [1.165, 1.54) is 25.3 Å². The molecule has 0 aromatic heterocycles. The highest BCUT2D eigenvalue weighted by atomic mass is 32.2. The van der Waals surface area contributed by atoms with Crippen molar-refractivity contribution in [3.8, 4) is 5.75 Å². The molecule has 2 aromatic carbocycles. The Morgan fingerprint density at radius 2 is 1.91 bits per heavy atom. The lowest BCUT2D eigenvalue weighted by Crippen LogP contribution is -2.53. The molecule has 2 aliphatic heterocycles. The van der Waals surface area contributed by atoms with Gasteiger partial charge in [0.2, 0.25) is 0 Å². The Bertz CT molecular complexity index is 1180. The molecule has 9 nitrogen and oxygen atoms in total. The molecule has 1 N–H and O–H groups in total. The fourth-order valence-corrected chi connectivity index (χ4v) is 5.34. The zero-order valence-electron chi connectivity index (χ0n) is 19.3. The first-order valence-electron chi connectivity index (χ1n) is 11.0. The Hall–Kier alpha value is -3.11. The Morgan fingerprint density at radius 1 is 1.18 bits per heavy atom. The number of methoxy groups -OCH3 is 1. The number of carbonyl (C=O) groups is 2. The van der Waals surface area contributed by atoms with Gasteiger partial charge in [-0.25, -0.2) is 8.42 Å². The highest BCUT2D eigenvalue weighted by Gasteiger charge is 2.39. The van der Waals surface area contributed by atoms with Crippen LogP contribution in [0.1, 0.15) is 35.2 Å². The van der Waals surface area contributed by atoms with Gasteiger partial charge < -0.3 is 19.1 Å². The van der Waals surface area contributed by atoms with E-state index in [0.29, 0.717) is 18.6 Å². The fraction of sp³-hybridized carbons (Fsp3) is 0.417. The Labute approximate surface area is 199 Å². The molecule has 0 unspecified atom stereocenters. The smallest absolute Gasteiger partial charge is 0.308 e. The van der Waals surface area contributed by atoms with Gasteiger partial charge >= 0.3 is 5.97 Å². The molecule has 4 rings (SSSR count). The van der Waals surface area contributed by atoms with E-state index in [2.05, 4.69) is 4.72 Å². The molecule has 1 saturated heterocycles. The van der Waals surface area contributed by atoms with Crippen molar-refractivity contribution in [3.63, 3.8) is 0 Å². The number of hydrogen-bond donors (Lipinski definition) is 1. The third kappa shape index (κ3) is 5.02. The topological polar surface area (TPSA) is 111 Å². The van der Waals surface area contributed by atoms with Crippen LogP contribution in [0.15, 0.2) is 47.4 Å². The molecule has 34 heavy (non-hydrogen) atoms. The van der Waals surface area contributed by atoms with Gasteiger partial charge in [-0.2, -0.15) is 0 Å². The van der Waals surface area contributed by atoms with Gasteiger partial charge in [0, 0.05) is 12.7 Å². The van der Waals surface area contributed by atoms with E-state index in [4.69, 9.17) is 14.2 Å². The molecule has 10 heteroatoms. The van der Waals surface area contributed by atoms with Crippen molar-refractivity contribution in [1.82, 2.24) is 4.90 Å². The van der Waals surface area contributed by atoms with Crippen LogP contribution in [0.3, 0.4) is 0 Å². The molecule has 1 amide bonds. The van der Waals surface area contributed by atoms with E-state index in [9.17, 15) is 18.0 Å². The summed E-state index contributed by atoms with van der Waals surface area (Å²) in [5.74, 6) is -0.297. The maximum absolute atomic E-state index is 13.3. The molecule has 182 valence electrons. The van der Waals surface area contributed by atoms with Crippen LogP contribution in [-0.4, -0.2) is 64.2 Å². The van der Waals surface area contributed by atoms with E-state index in [0.717, 1.165) is 5.56 Å². The van der Waals surface area contributed by atoms with Crippen molar-refractivity contribution >= 4 is 27.6 Å². The fourth-order valence-electron chi connectivity index (χ4n) is 4.29. The SMILES string of the molecule is COC(=O)C[C@@H]1CC[C@@H]2[C@@H](COc3ccc(NS(=O)(=O)c4ccc(C)cc4)cc3C(=O)N2C)O1. The zero-order chi connectivity index (χ0) is 24.5. The summed E-state index contributed by atoms with van der Waals surface area (Å²) < 4.78 is 44.8. The predicted octanol–water partition coefficient (Wildman–Crippen LogP) is 2.74. The minimum atomic E-state index is -3.81. The maximum atomic E-state index is 13.3. The summed E-state index contributed by atoms with van der Waals surface area (Å²) in [5.41, 5.74) is 1.48. The van der Waals surface area contributed by atoms with Crippen LogP contribution in [0.5, 0.6) is 5.75 Å². The van der Waals surface area contributed by atoms with Gasteiger partial charge in [-0.15, -0.1) is 0 Å². The predicted molar refractivity (Wildman–Crippen MR) is 124 cm³/mol. The van der Waals surface area contributed by atoms with Crippen LogP contribution >= 0.6 is 0 Å². The van der Waals surface area contributed by atoms with Gasteiger partial charge in [0.15, 0.2) is 0 Å². The number of nitrogens with one attached hydrogen (secondary N) is 1. The van der Waals surface area contributed by atoms with Crippen LogP contribution in [0.25, 0.3) is 0 Å². The molecule has 2 aliphatic rings. The standard InChI is InChI=1S/C24H28N2O7S/c1-15-4-8-18(9-5-15)34(29,30)25-16-6-11-21-19(12-16)24(28)26(2)20-10-7-17(13-23(27)31-3)33-22(20)14-32-21/h4-6,8-9,11-12,17,20,22,25H,7,10,13-14H2,1-3H3/t17-,20+,22+/m0/s1. The minimum Gasteiger partial charge on any atom is -0.490 e. The number of benzene rings is 2. The molecule has 2 heterocycles. The number of sulfonamides is 1. The summed E-state index contributed by atoms with van der Waals surface area (Å²) >= 11 is 0. The second-order valence-electron chi connectivity index (χ2n) is 8.58. The molecule has 3 atom stereocenters. The number of esters is 1. The lowest BCUT2D eigenvalue weighted by molar-refractivity contribution is -0.151. The zero-order valence-corrected chi connectivity index (χ0v) is 20.1. The molecule has 2 aromatic rings. The van der Waals surface area contributed by atoms with E-state index in [-0.39, 0.29) is 53.2 Å². The Kier molecular flexibility index (Phi) is 6.81. The third-order valence-corrected chi connectivity index (χ3v) is 7.61. The lowest BCUT2D eigenvalue weighted by Gasteiger charge is -2.42. The summed E-state index contributed by atoms with van der Waals surface area (Å²) in [6.07, 6.45) is 0.714. The van der Waals surface area contributed by atoms with Gasteiger partial charge in [-0.05, 0) is 50.1 Å². The van der Waals surface area contributed by atoms with Crippen LogP contribution in [0.2, 0.25) is 0 Å². The average Bonchev–Trinajstić information content (AvgIpc) is 2.81. The molecule has 0 radical (unpaired) electrons. The quantitative estimate of drug-likeness (QED) is 0.644. The highest BCUT2D eigenvalue weighted by molar-refractivity contribution is 7.92. The number of hydrogen-bond acceptors (Lipinski definition) is 7. The minimum absolute atomic E-state index is 0.133. The van der Waals surface area contributed by atoms with Crippen molar-refractivity contribution < 1.29 is 32.2 Å².